The molecule has 2 atom stereocenters. The van der Waals surface area contributed by atoms with Crippen LogP contribution >= 0.6 is 0 Å². The van der Waals surface area contributed by atoms with Crippen LogP contribution in [0.2, 0.25) is 0 Å². The van der Waals surface area contributed by atoms with Gasteiger partial charge in [-0.25, -0.2) is 0 Å². The Morgan fingerprint density at radius 1 is 1.46 bits per heavy atom. The second-order valence-electron chi connectivity index (χ2n) is 7.35. The summed E-state index contributed by atoms with van der Waals surface area (Å²) < 4.78 is 1.97. The number of hydrogen-bond donors (Lipinski definition) is 1. The molecule has 1 amide bonds. The SMILES string of the molecule is CCCN(C)CC1CCN(C(=O)c2ccn(C3CCCNC3)n2)C1. The molecule has 0 aliphatic carbocycles. The first kappa shape index (κ1) is 17.4. The molecule has 2 aliphatic rings. The van der Waals surface area contributed by atoms with Crippen LogP contribution in [0, 0.1) is 5.92 Å². The molecule has 0 spiro atoms. The standard InChI is InChI=1S/C18H31N5O/c1-3-9-21(2)13-15-6-10-22(14-15)18(24)17-7-11-23(20-17)16-5-4-8-19-12-16/h7,11,15-16,19H,3-6,8-10,12-14H2,1-2H3. The topological polar surface area (TPSA) is 53.4 Å². The molecule has 1 N–H and O–H groups in total. The van der Waals surface area contributed by atoms with Gasteiger partial charge < -0.3 is 15.1 Å². The minimum Gasteiger partial charge on any atom is -0.337 e. The van der Waals surface area contributed by atoms with Crippen LogP contribution in [-0.4, -0.2) is 71.8 Å². The summed E-state index contributed by atoms with van der Waals surface area (Å²) >= 11 is 0. The molecular weight excluding hydrogens is 302 g/mol. The molecule has 3 heterocycles. The molecule has 1 aromatic rings. The number of hydrogen-bond acceptors (Lipinski definition) is 4. The van der Waals surface area contributed by atoms with E-state index >= 15 is 0 Å². The third-order valence-corrected chi connectivity index (χ3v) is 5.22. The van der Waals surface area contributed by atoms with Gasteiger partial charge in [-0.15, -0.1) is 0 Å². The Kier molecular flexibility index (Phi) is 5.89. The van der Waals surface area contributed by atoms with Gasteiger partial charge in [0.2, 0.25) is 0 Å². The zero-order chi connectivity index (χ0) is 16.9. The molecule has 0 aromatic carbocycles. The van der Waals surface area contributed by atoms with E-state index in [4.69, 9.17) is 0 Å². The van der Waals surface area contributed by atoms with Crippen molar-refractivity contribution in [3.63, 3.8) is 0 Å². The monoisotopic (exact) mass is 333 g/mol. The second kappa shape index (κ2) is 8.12. The molecule has 24 heavy (non-hydrogen) atoms. The summed E-state index contributed by atoms with van der Waals surface area (Å²) in [5.74, 6) is 0.688. The summed E-state index contributed by atoms with van der Waals surface area (Å²) in [6.07, 6.45) is 6.56. The maximum Gasteiger partial charge on any atom is 0.274 e. The summed E-state index contributed by atoms with van der Waals surface area (Å²) in [5.41, 5.74) is 0.600. The number of carbonyl (C=O) groups excluding carboxylic acids is 1. The van der Waals surface area contributed by atoms with Crippen LogP contribution < -0.4 is 5.32 Å². The number of aromatic nitrogens is 2. The number of piperidine rings is 1. The summed E-state index contributed by atoms with van der Waals surface area (Å²) in [7, 11) is 2.17. The lowest BCUT2D eigenvalue weighted by Crippen LogP contribution is -2.33. The molecule has 1 aromatic heterocycles. The Bertz CT molecular complexity index is 537. The first-order valence-corrected chi connectivity index (χ1v) is 9.41. The smallest absolute Gasteiger partial charge is 0.274 e. The summed E-state index contributed by atoms with van der Waals surface area (Å²) in [4.78, 5) is 17.1. The number of amides is 1. The van der Waals surface area contributed by atoms with Crippen molar-refractivity contribution >= 4 is 5.91 Å². The number of likely N-dealkylation sites (tertiary alicyclic amines) is 1. The minimum absolute atomic E-state index is 0.0955. The van der Waals surface area contributed by atoms with Crippen molar-refractivity contribution in [2.45, 2.75) is 38.6 Å². The van der Waals surface area contributed by atoms with Gasteiger partial charge in [-0.1, -0.05) is 6.92 Å². The van der Waals surface area contributed by atoms with Gasteiger partial charge in [-0.05, 0) is 57.8 Å². The first-order valence-electron chi connectivity index (χ1n) is 9.41. The Labute approximate surface area is 145 Å². The van der Waals surface area contributed by atoms with Gasteiger partial charge in [-0.2, -0.15) is 5.10 Å². The summed E-state index contributed by atoms with van der Waals surface area (Å²) in [5, 5.41) is 7.97. The predicted octanol–water partition coefficient (Wildman–Crippen LogP) is 1.61. The Morgan fingerprint density at radius 3 is 3.08 bits per heavy atom. The van der Waals surface area contributed by atoms with E-state index in [1.807, 2.05) is 21.8 Å². The van der Waals surface area contributed by atoms with E-state index in [-0.39, 0.29) is 5.91 Å². The van der Waals surface area contributed by atoms with Crippen LogP contribution in [0.3, 0.4) is 0 Å². The zero-order valence-electron chi connectivity index (χ0n) is 15.1. The highest BCUT2D eigenvalue weighted by Crippen LogP contribution is 2.20. The molecule has 2 fully saturated rings. The van der Waals surface area contributed by atoms with Crippen LogP contribution in [0.1, 0.15) is 49.1 Å². The normalized spacial score (nSPS) is 24.7. The van der Waals surface area contributed by atoms with E-state index in [0.29, 0.717) is 17.7 Å². The molecule has 2 aliphatic heterocycles. The summed E-state index contributed by atoms with van der Waals surface area (Å²) in [6.45, 7) is 8.19. The van der Waals surface area contributed by atoms with E-state index in [0.717, 1.165) is 52.1 Å². The largest absolute Gasteiger partial charge is 0.337 e. The highest BCUT2D eigenvalue weighted by Gasteiger charge is 2.29. The van der Waals surface area contributed by atoms with Gasteiger partial charge in [-0.3, -0.25) is 9.48 Å². The maximum absolute atomic E-state index is 12.7. The van der Waals surface area contributed by atoms with Gasteiger partial charge in [0.1, 0.15) is 5.69 Å². The van der Waals surface area contributed by atoms with Gasteiger partial charge in [0.05, 0.1) is 6.04 Å². The van der Waals surface area contributed by atoms with E-state index in [2.05, 4.69) is 29.3 Å². The number of nitrogens with one attached hydrogen (secondary N) is 1. The maximum atomic E-state index is 12.7. The third-order valence-electron chi connectivity index (χ3n) is 5.22. The number of nitrogens with zero attached hydrogens (tertiary/aromatic N) is 4. The molecule has 6 nitrogen and oxygen atoms in total. The van der Waals surface area contributed by atoms with Gasteiger partial charge in [0.15, 0.2) is 0 Å². The van der Waals surface area contributed by atoms with Crippen LogP contribution in [0.5, 0.6) is 0 Å². The molecule has 0 saturated carbocycles. The molecule has 0 bridgehead atoms. The molecule has 3 rings (SSSR count). The summed E-state index contributed by atoms with van der Waals surface area (Å²) in [6, 6.07) is 2.27. The average molecular weight is 333 g/mol. The second-order valence-corrected chi connectivity index (χ2v) is 7.35. The fourth-order valence-corrected chi connectivity index (χ4v) is 3.96. The minimum atomic E-state index is 0.0955. The number of carbonyl (C=O) groups is 1. The Hall–Kier alpha value is -1.40. The van der Waals surface area contributed by atoms with E-state index in [1.54, 1.807) is 0 Å². The fourth-order valence-electron chi connectivity index (χ4n) is 3.96. The first-order chi connectivity index (χ1) is 11.7. The fraction of sp³-hybridized carbons (Fsp3) is 0.778. The van der Waals surface area contributed by atoms with Gasteiger partial charge >= 0.3 is 0 Å². The average Bonchev–Trinajstić information content (AvgIpc) is 3.25. The van der Waals surface area contributed by atoms with Crippen molar-refractivity contribution in [3.05, 3.63) is 18.0 Å². The molecule has 2 unspecified atom stereocenters. The van der Waals surface area contributed by atoms with Crippen molar-refractivity contribution in [2.24, 2.45) is 5.92 Å². The molecule has 2 saturated heterocycles. The van der Waals surface area contributed by atoms with Crippen molar-refractivity contribution in [2.75, 3.05) is 46.3 Å². The molecular formula is C18H31N5O. The van der Waals surface area contributed by atoms with Gasteiger partial charge in [0, 0.05) is 32.4 Å². The zero-order valence-corrected chi connectivity index (χ0v) is 15.1. The van der Waals surface area contributed by atoms with Crippen LogP contribution in [-0.2, 0) is 0 Å². The van der Waals surface area contributed by atoms with Crippen molar-refractivity contribution in [1.29, 1.82) is 0 Å². The van der Waals surface area contributed by atoms with Crippen LogP contribution in [0.4, 0.5) is 0 Å². The molecule has 134 valence electrons. The predicted molar refractivity (Wildman–Crippen MR) is 95.2 cm³/mol. The molecule has 0 radical (unpaired) electrons. The van der Waals surface area contributed by atoms with Gasteiger partial charge in [0.25, 0.3) is 5.91 Å². The lowest BCUT2D eigenvalue weighted by atomic mass is 10.1. The third kappa shape index (κ3) is 4.16. The Balaban J connectivity index is 1.54. The highest BCUT2D eigenvalue weighted by molar-refractivity contribution is 5.92. The van der Waals surface area contributed by atoms with Crippen LogP contribution in [0.15, 0.2) is 12.3 Å². The van der Waals surface area contributed by atoms with Crippen molar-refractivity contribution in [3.8, 4) is 0 Å². The lowest BCUT2D eigenvalue weighted by Gasteiger charge is -2.23. The quantitative estimate of drug-likeness (QED) is 0.859. The van der Waals surface area contributed by atoms with Crippen molar-refractivity contribution < 1.29 is 4.79 Å². The van der Waals surface area contributed by atoms with E-state index < -0.39 is 0 Å². The van der Waals surface area contributed by atoms with E-state index in [9.17, 15) is 4.79 Å². The van der Waals surface area contributed by atoms with E-state index in [1.165, 1.54) is 12.8 Å². The Morgan fingerprint density at radius 2 is 2.33 bits per heavy atom. The number of rotatable bonds is 6. The van der Waals surface area contributed by atoms with Crippen molar-refractivity contribution in [1.82, 2.24) is 24.9 Å². The molecule has 6 heteroatoms. The lowest BCUT2D eigenvalue weighted by molar-refractivity contribution is 0.0777. The highest BCUT2D eigenvalue weighted by atomic mass is 16.2. The van der Waals surface area contributed by atoms with Crippen LogP contribution in [0.25, 0.3) is 0 Å².